The van der Waals surface area contributed by atoms with Gasteiger partial charge in [0.15, 0.2) is 11.6 Å². The maximum atomic E-state index is 12.3. The summed E-state index contributed by atoms with van der Waals surface area (Å²) in [4.78, 5) is 11.8. The zero-order chi connectivity index (χ0) is 14.9. The zero-order valence-corrected chi connectivity index (χ0v) is 12.9. The number of aliphatic hydroxyl groups is 1. The summed E-state index contributed by atoms with van der Waals surface area (Å²) in [6, 6.07) is 5.96. The molecule has 3 unspecified atom stereocenters. The summed E-state index contributed by atoms with van der Waals surface area (Å²) in [6.07, 6.45) is -1.24. The summed E-state index contributed by atoms with van der Waals surface area (Å²) in [7, 11) is -3.95. The number of nitrogens with one attached hydrogen (secondary N) is 3. The van der Waals surface area contributed by atoms with E-state index in [1.54, 1.807) is 24.3 Å². The van der Waals surface area contributed by atoms with Crippen molar-refractivity contribution in [3.8, 4) is 0 Å². The van der Waals surface area contributed by atoms with Crippen molar-refractivity contribution in [2.24, 2.45) is 0 Å². The molecule has 0 bridgehead atoms. The Morgan fingerprint density at radius 3 is 2.60 bits per heavy atom. The van der Waals surface area contributed by atoms with E-state index < -0.39 is 33.6 Å². The molecule has 0 aromatic heterocycles. The molecule has 9 heteroatoms. The molecule has 1 aliphatic rings. The van der Waals surface area contributed by atoms with E-state index in [4.69, 9.17) is 0 Å². The van der Waals surface area contributed by atoms with Gasteiger partial charge >= 0.3 is 0 Å². The lowest BCUT2D eigenvalue weighted by molar-refractivity contribution is -0.127. The second kappa shape index (κ2) is 5.68. The van der Waals surface area contributed by atoms with E-state index in [2.05, 4.69) is 31.3 Å². The number of halogens is 1. The molecule has 1 amide bonds. The van der Waals surface area contributed by atoms with Gasteiger partial charge in [0.1, 0.15) is 0 Å². The van der Waals surface area contributed by atoms with Crippen LogP contribution in [-0.2, 0) is 14.8 Å². The molecule has 3 atom stereocenters. The highest BCUT2D eigenvalue weighted by Gasteiger charge is 2.42. The van der Waals surface area contributed by atoms with Gasteiger partial charge in [0.2, 0.25) is 15.9 Å². The van der Waals surface area contributed by atoms with Gasteiger partial charge in [0, 0.05) is 10.5 Å². The van der Waals surface area contributed by atoms with Crippen LogP contribution in [0.25, 0.3) is 0 Å². The third-order valence-electron chi connectivity index (χ3n) is 2.87. The summed E-state index contributed by atoms with van der Waals surface area (Å²) in [5.74, 6) is -0.747. The molecular weight excluding hydrogens is 350 g/mol. The lowest BCUT2D eigenvalue weighted by atomic mass is 10.2. The van der Waals surface area contributed by atoms with E-state index in [1.165, 1.54) is 6.92 Å². The van der Waals surface area contributed by atoms with Crippen molar-refractivity contribution >= 4 is 37.5 Å². The van der Waals surface area contributed by atoms with Gasteiger partial charge in [0.05, 0.1) is 5.69 Å². The van der Waals surface area contributed by atoms with Crippen molar-refractivity contribution in [3.63, 3.8) is 0 Å². The highest BCUT2D eigenvalue weighted by molar-refractivity contribution is 9.10. The maximum Gasteiger partial charge on any atom is 0.246 e. The normalized spacial score (nSPS) is 26.9. The molecule has 20 heavy (non-hydrogen) atoms. The first-order valence-corrected chi connectivity index (χ1v) is 8.16. The Hall–Kier alpha value is -1.16. The summed E-state index contributed by atoms with van der Waals surface area (Å²) >= 11 is 3.23. The smallest absolute Gasteiger partial charge is 0.246 e. The first-order chi connectivity index (χ1) is 9.31. The van der Waals surface area contributed by atoms with Gasteiger partial charge in [-0.15, -0.1) is 0 Å². The van der Waals surface area contributed by atoms with Gasteiger partial charge < -0.3 is 10.4 Å². The molecule has 1 aliphatic heterocycles. The topological polar surface area (TPSA) is 108 Å². The summed E-state index contributed by atoms with van der Waals surface area (Å²) < 4.78 is 27.6. The second-order valence-electron chi connectivity index (χ2n) is 4.41. The molecule has 1 saturated heterocycles. The largest absolute Gasteiger partial charge is 0.361 e. The molecule has 0 aliphatic carbocycles. The molecule has 7 nitrogen and oxygen atoms in total. The number of hydrogen-bond acceptors (Lipinski definition) is 5. The maximum absolute atomic E-state index is 12.3. The molecule has 2 rings (SSSR count). The number of amides is 1. The molecule has 1 heterocycles. The van der Waals surface area contributed by atoms with Crippen LogP contribution in [0, 0.1) is 0 Å². The van der Waals surface area contributed by atoms with Gasteiger partial charge in [-0.2, -0.15) is 0 Å². The monoisotopic (exact) mass is 363 g/mol. The average molecular weight is 364 g/mol. The molecule has 0 saturated carbocycles. The first kappa shape index (κ1) is 15.2. The highest BCUT2D eigenvalue weighted by atomic mass is 79.9. The number of carbonyl (C=O) groups is 1. The van der Waals surface area contributed by atoms with Gasteiger partial charge in [-0.3, -0.25) is 14.8 Å². The highest BCUT2D eigenvalue weighted by Crippen LogP contribution is 2.24. The molecule has 4 N–H and O–H groups in total. The third kappa shape index (κ3) is 3.11. The Balaban J connectivity index is 2.26. The number of anilines is 1. The lowest BCUT2D eigenvalue weighted by Crippen LogP contribution is -2.65. The fourth-order valence-electron chi connectivity index (χ4n) is 1.99. The van der Waals surface area contributed by atoms with Gasteiger partial charge in [0.25, 0.3) is 0 Å². The Morgan fingerprint density at radius 1 is 1.35 bits per heavy atom. The van der Waals surface area contributed by atoms with Crippen molar-refractivity contribution in [3.05, 3.63) is 28.7 Å². The van der Waals surface area contributed by atoms with Crippen molar-refractivity contribution in [2.75, 3.05) is 4.72 Å². The Morgan fingerprint density at radius 2 is 2.00 bits per heavy atom. The Labute approximate surface area is 124 Å². The minimum absolute atomic E-state index is 0.346. The van der Waals surface area contributed by atoms with Crippen LogP contribution in [-0.4, -0.2) is 37.1 Å². The van der Waals surface area contributed by atoms with E-state index >= 15 is 0 Å². The summed E-state index contributed by atoms with van der Waals surface area (Å²) in [5, 5.41) is 12.7. The standard InChI is InChI=1S/C11H14BrN3O4S/c1-6-9(10(16)14-11(17)13-6)20(18,19)15-8-5-3-2-4-7(8)12/h2-6,9,11,13,15,17H,1H3,(H,14,16). The predicted molar refractivity (Wildman–Crippen MR) is 77.2 cm³/mol. The number of hydrogen-bond donors (Lipinski definition) is 4. The van der Waals surface area contributed by atoms with Crippen molar-refractivity contribution in [2.45, 2.75) is 24.6 Å². The molecular formula is C11H14BrN3O4S. The van der Waals surface area contributed by atoms with E-state index in [9.17, 15) is 18.3 Å². The van der Waals surface area contributed by atoms with Gasteiger partial charge in [-0.1, -0.05) is 12.1 Å². The molecule has 1 aromatic rings. The second-order valence-corrected chi connectivity index (χ2v) is 7.07. The number of para-hydroxylation sites is 1. The molecule has 0 spiro atoms. The van der Waals surface area contributed by atoms with Crippen LogP contribution in [0.2, 0.25) is 0 Å². The van der Waals surface area contributed by atoms with Gasteiger partial charge in [-0.05, 0) is 35.0 Å². The number of carbonyl (C=O) groups excluding carboxylic acids is 1. The van der Waals surface area contributed by atoms with Crippen molar-refractivity contribution in [1.29, 1.82) is 0 Å². The van der Waals surface area contributed by atoms with E-state index in [1.807, 2.05) is 0 Å². The third-order valence-corrected chi connectivity index (χ3v) is 5.36. The fourth-order valence-corrected chi connectivity index (χ4v) is 4.08. The molecule has 1 fully saturated rings. The number of sulfonamides is 1. The fraction of sp³-hybridized carbons (Fsp3) is 0.364. The van der Waals surface area contributed by atoms with Crippen LogP contribution >= 0.6 is 15.9 Å². The van der Waals surface area contributed by atoms with E-state index in [-0.39, 0.29) is 0 Å². The minimum Gasteiger partial charge on any atom is -0.361 e. The SMILES string of the molecule is CC1NC(O)NC(=O)C1S(=O)(=O)Nc1ccccc1Br. The Kier molecular flexibility index (Phi) is 4.33. The predicted octanol–water partition coefficient (Wildman–Crippen LogP) is -0.0568. The molecule has 0 radical (unpaired) electrons. The first-order valence-electron chi connectivity index (χ1n) is 5.82. The number of rotatable bonds is 3. The summed E-state index contributed by atoms with van der Waals surface area (Å²) in [5.41, 5.74) is 0.346. The van der Waals surface area contributed by atoms with E-state index in [0.717, 1.165) is 0 Å². The van der Waals surface area contributed by atoms with Crippen LogP contribution in [0.1, 0.15) is 6.92 Å². The zero-order valence-electron chi connectivity index (χ0n) is 10.5. The molecule has 1 aromatic carbocycles. The number of benzene rings is 1. The van der Waals surface area contributed by atoms with Crippen LogP contribution in [0.15, 0.2) is 28.7 Å². The number of aliphatic hydroxyl groups excluding tert-OH is 1. The van der Waals surface area contributed by atoms with Crippen LogP contribution in [0.3, 0.4) is 0 Å². The quantitative estimate of drug-likeness (QED) is 0.601. The van der Waals surface area contributed by atoms with Crippen LogP contribution in [0.5, 0.6) is 0 Å². The minimum atomic E-state index is -3.95. The van der Waals surface area contributed by atoms with Crippen LogP contribution < -0.4 is 15.4 Å². The summed E-state index contributed by atoms with van der Waals surface area (Å²) in [6.45, 7) is 1.52. The average Bonchev–Trinajstić information content (AvgIpc) is 2.30. The van der Waals surface area contributed by atoms with E-state index in [0.29, 0.717) is 10.2 Å². The Bertz CT molecular complexity index is 622. The van der Waals surface area contributed by atoms with Crippen molar-refractivity contribution in [1.82, 2.24) is 10.6 Å². The molecule has 110 valence electrons. The van der Waals surface area contributed by atoms with Gasteiger partial charge in [-0.25, -0.2) is 8.42 Å². The van der Waals surface area contributed by atoms with Crippen LogP contribution in [0.4, 0.5) is 5.69 Å². The van der Waals surface area contributed by atoms with Crippen molar-refractivity contribution < 1.29 is 18.3 Å². The lowest BCUT2D eigenvalue weighted by Gasteiger charge is -2.32.